The lowest BCUT2D eigenvalue weighted by atomic mass is 10.0. The molecule has 2 aliphatic heterocycles. The van der Waals surface area contributed by atoms with Gasteiger partial charge in [-0.15, -0.1) is 0 Å². The van der Waals surface area contributed by atoms with E-state index >= 15 is 0 Å². The summed E-state index contributed by atoms with van der Waals surface area (Å²) >= 11 is 6.07. The summed E-state index contributed by atoms with van der Waals surface area (Å²) in [6.07, 6.45) is 1.42. The predicted octanol–water partition coefficient (Wildman–Crippen LogP) is 2.47. The third kappa shape index (κ3) is 3.48. The zero-order valence-electron chi connectivity index (χ0n) is 13.8. The van der Waals surface area contributed by atoms with E-state index in [0.717, 1.165) is 16.0 Å². The van der Waals surface area contributed by atoms with E-state index in [1.165, 1.54) is 6.20 Å². The topological polar surface area (TPSA) is 126 Å². The lowest BCUT2D eigenvalue weighted by Crippen LogP contribution is -2.21. The zero-order chi connectivity index (χ0) is 18.1. The highest BCUT2D eigenvalue weighted by Gasteiger charge is 2.17. The quantitative estimate of drug-likeness (QED) is 0.530. The predicted molar refractivity (Wildman–Crippen MR) is 94.8 cm³/mol. The average Bonchev–Trinajstić information content (AvgIpc) is 2.54. The van der Waals surface area contributed by atoms with Crippen LogP contribution in [0.1, 0.15) is 31.0 Å². The Hall–Kier alpha value is -2.87. The summed E-state index contributed by atoms with van der Waals surface area (Å²) in [5.74, 6) is 0.442. The van der Waals surface area contributed by atoms with Crippen LogP contribution in [0.3, 0.4) is 0 Å². The first-order valence-corrected chi connectivity index (χ1v) is 8.06. The Bertz CT molecular complexity index is 954. The van der Waals surface area contributed by atoms with Crippen molar-refractivity contribution in [3.05, 3.63) is 46.3 Å². The molecule has 0 saturated carbocycles. The lowest BCUT2D eigenvalue weighted by molar-refractivity contribution is 0.184. The van der Waals surface area contributed by atoms with Crippen molar-refractivity contribution in [2.45, 2.75) is 26.3 Å². The molecule has 1 aromatic carbocycles. The van der Waals surface area contributed by atoms with Gasteiger partial charge in [0.1, 0.15) is 0 Å². The maximum absolute atomic E-state index is 10.1. The molecule has 0 radical (unpaired) electrons. The van der Waals surface area contributed by atoms with Crippen LogP contribution in [0, 0.1) is 5.41 Å². The summed E-state index contributed by atoms with van der Waals surface area (Å²) in [5.41, 5.74) is 8.34. The first-order valence-electron chi connectivity index (χ1n) is 7.68. The number of halogens is 1. The summed E-state index contributed by atoms with van der Waals surface area (Å²) in [4.78, 5) is 12.0. The molecule has 2 aliphatic rings. The minimum absolute atomic E-state index is 0.0500. The van der Waals surface area contributed by atoms with Gasteiger partial charge in [-0.3, -0.25) is 5.41 Å². The first kappa shape index (κ1) is 17.0. The minimum atomic E-state index is -0.275. The number of aromatic nitrogens is 4. The molecule has 25 heavy (non-hydrogen) atoms. The van der Waals surface area contributed by atoms with Crippen LogP contribution < -0.4 is 16.7 Å². The van der Waals surface area contributed by atoms with Crippen molar-refractivity contribution < 1.29 is 5.21 Å². The fourth-order valence-corrected chi connectivity index (χ4v) is 2.73. The van der Waals surface area contributed by atoms with Gasteiger partial charge in [0.15, 0.2) is 11.5 Å². The van der Waals surface area contributed by atoms with Gasteiger partial charge in [0.2, 0.25) is 11.4 Å². The maximum Gasteiger partial charge on any atom is 0.246 e. The Balaban J connectivity index is 1.93. The molecule has 0 bridgehead atoms. The monoisotopic (exact) mass is 359 g/mol. The average molecular weight is 360 g/mol. The molecule has 3 rings (SSSR count). The van der Waals surface area contributed by atoms with Crippen molar-refractivity contribution >= 4 is 23.1 Å². The largest absolute Gasteiger partial charge is 0.427 e. The number of nitrogen functional groups attached to an aromatic ring is 1. The van der Waals surface area contributed by atoms with Gasteiger partial charge >= 0.3 is 0 Å². The van der Waals surface area contributed by atoms with Crippen molar-refractivity contribution in [1.82, 2.24) is 19.7 Å². The van der Waals surface area contributed by atoms with E-state index in [2.05, 4.69) is 34.1 Å². The molecular formula is C16H18ClN7O. The van der Waals surface area contributed by atoms with E-state index in [1.54, 1.807) is 0 Å². The molecule has 2 heterocycles. The van der Waals surface area contributed by atoms with Crippen LogP contribution in [0.2, 0.25) is 5.02 Å². The van der Waals surface area contributed by atoms with Crippen molar-refractivity contribution in [2.24, 2.45) is 0 Å². The summed E-state index contributed by atoms with van der Waals surface area (Å²) < 4.78 is 0.806. The van der Waals surface area contributed by atoms with Gasteiger partial charge in [0, 0.05) is 10.7 Å². The Morgan fingerprint density at radius 2 is 2.08 bits per heavy atom. The minimum Gasteiger partial charge on any atom is -0.427 e. The molecule has 0 saturated heterocycles. The van der Waals surface area contributed by atoms with Gasteiger partial charge in [-0.2, -0.15) is 14.7 Å². The van der Waals surface area contributed by atoms with E-state index in [0.29, 0.717) is 23.2 Å². The van der Waals surface area contributed by atoms with Crippen LogP contribution in [-0.2, 0) is 6.54 Å². The second-order valence-corrected chi connectivity index (χ2v) is 6.36. The van der Waals surface area contributed by atoms with E-state index in [4.69, 9.17) is 22.7 Å². The van der Waals surface area contributed by atoms with Crippen LogP contribution >= 0.6 is 11.6 Å². The van der Waals surface area contributed by atoms with E-state index in [-0.39, 0.29) is 23.0 Å². The number of fused-ring (bicyclic) bond motifs is 1. The molecule has 8 nitrogen and oxygen atoms in total. The van der Waals surface area contributed by atoms with Crippen LogP contribution in [0.15, 0.2) is 24.4 Å². The molecule has 5 N–H and O–H groups in total. The Morgan fingerprint density at radius 1 is 1.32 bits per heavy atom. The fourth-order valence-electron chi connectivity index (χ4n) is 2.54. The van der Waals surface area contributed by atoms with Gasteiger partial charge in [-0.1, -0.05) is 25.4 Å². The van der Waals surface area contributed by atoms with Crippen LogP contribution in [0.25, 0.3) is 11.5 Å². The van der Waals surface area contributed by atoms with Crippen molar-refractivity contribution in [3.8, 4) is 11.5 Å². The Kier molecular flexibility index (Phi) is 4.45. The second-order valence-electron chi connectivity index (χ2n) is 5.92. The summed E-state index contributed by atoms with van der Waals surface area (Å²) in [6, 6.07) is 5.66. The fraction of sp³-hybridized carbons (Fsp3) is 0.250. The van der Waals surface area contributed by atoms with Crippen LogP contribution in [-0.4, -0.2) is 24.9 Å². The zero-order valence-corrected chi connectivity index (χ0v) is 14.5. The van der Waals surface area contributed by atoms with Crippen molar-refractivity contribution in [1.29, 1.82) is 5.41 Å². The molecule has 0 aliphatic carbocycles. The van der Waals surface area contributed by atoms with E-state index in [1.807, 2.05) is 18.2 Å². The number of rotatable bonds is 4. The molecule has 9 heteroatoms. The molecule has 130 valence electrons. The number of benzene rings is 1. The van der Waals surface area contributed by atoms with Crippen LogP contribution in [0.4, 0.5) is 11.5 Å². The maximum atomic E-state index is 10.1. The number of hydrogen-bond donors (Lipinski definition) is 4. The molecule has 0 fully saturated rings. The molecule has 0 atom stereocenters. The molecule has 0 spiro atoms. The first-order chi connectivity index (χ1) is 11.8. The van der Waals surface area contributed by atoms with E-state index < -0.39 is 0 Å². The SMILES string of the molecule is CC(C)c1cc(Cl)ccc1NCc1cn(O)c2nc(=N)nc(N)c-2n1. The van der Waals surface area contributed by atoms with Crippen molar-refractivity contribution in [2.75, 3.05) is 11.1 Å². The highest BCUT2D eigenvalue weighted by Crippen LogP contribution is 2.28. The molecule has 0 unspecified atom stereocenters. The number of anilines is 2. The lowest BCUT2D eigenvalue weighted by Gasteiger charge is -2.16. The van der Waals surface area contributed by atoms with Gasteiger partial charge in [-0.25, -0.2) is 4.98 Å². The van der Waals surface area contributed by atoms with Crippen LogP contribution in [0.5, 0.6) is 0 Å². The van der Waals surface area contributed by atoms with Crippen molar-refractivity contribution in [3.63, 3.8) is 0 Å². The van der Waals surface area contributed by atoms with Gasteiger partial charge < -0.3 is 16.3 Å². The smallest absolute Gasteiger partial charge is 0.246 e. The molecule has 0 amide bonds. The third-order valence-electron chi connectivity index (χ3n) is 3.73. The molecule has 1 aromatic rings. The Labute approximate surface area is 149 Å². The number of nitrogens with zero attached hydrogens (tertiary/aromatic N) is 4. The van der Waals surface area contributed by atoms with Gasteiger partial charge in [0.05, 0.1) is 18.4 Å². The second kappa shape index (κ2) is 6.56. The standard InChI is InChI=1S/C16H18ClN7O/c1-8(2)11-5-9(17)3-4-12(11)20-6-10-7-24(25)15-13(21-10)14(18)22-16(19)23-15/h3-5,7-8,20,25H,6H2,1-2H3,(H3,18,19,22). The number of nitrogens with two attached hydrogens (primary N) is 1. The number of hydrogen-bond acceptors (Lipinski definition) is 7. The highest BCUT2D eigenvalue weighted by molar-refractivity contribution is 6.30. The van der Waals surface area contributed by atoms with Gasteiger partial charge in [-0.05, 0) is 29.7 Å². The molecular weight excluding hydrogens is 342 g/mol. The summed E-state index contributed by atoms with van der Waals surface area (Å²) in [6.45, 7) is 4.53. The van der Waals surface area contributed by atoms with Gasteiger partial charge in [0.25, 0.3) is 0 Å². The highest BCUT2D eigenvalue weighted by atomic mass is 35.5. The van der Waals surface area contributed by atoms with E-state index in [9.17, 15) is 5.21 Å². The number of nitrogens with one attached hydrogen (secondary N) is 2. The summed E-state index contributed by atoms with van der Waals surface area (Å²) in [5, 5.41) is 21.5. The third-order valence-corrected chi connectivity index (χ3v) is 3.97. The Morgan fingerprint density at radius 3 is 2.80 bits per heavy atom. The molecule has 0 aromatic heterocycles. The summed E-state index contributed by atoms with van der Waals surface area (Å²) in [7, 11) is 0. The normalized spacial score (nSPS) is 11.2.